The Morgan fingerprint density at radius 1 is 1.27 bits per heavy atom. The molecule has 0 spiro atoms. The van der Waals surface area contributed by atoms with E-state index >= 15 is 0 Å². The smallest absolute Gasteiger partial charge is 0.131 e. The van der Waals surface area contributed by atoms with Crippen LogP contribution in [0.5, 0.6) is 0 Å². The maximum Gasteiger partial charge on any atom is 0.131 e. The number of aryl methyl sites for hydroxylation is 1. The highest BCUT2D eigenvalue weighted by atomic mass is 35.5. The van der Waals surface area contributed by atoms with Crippen molar-refractivity contribution in [1.29, 1.82) is 0 Å². The van der Waals surface area contributed by atoms with Crippen molar-refractivity contribution in [2.45, 2.75) is 0 Å². The number of aromatic nitrogens is 2. The van der Waals surface area contributed by atoms with Gasteiger partial charge in [0.05, 0.1) is 16.4 Å². The van der Waals surface area contributed by atoms with E-state index in [0.717, 1.165) is 11.3 Å². The lowest BCUT2D eigenvalue weighted by molar-refractivity contribution is 0.925. The summed E-state index contributed by atoms with van der Waals surface area (Å²) in [7, 11) is 1.84. The number of nitrogens with zero attached hydrogens (tertiary/aromatic N) is 2. The number of halogens is 2. The van der Waals surface area contributed by atoms with Crippen LogP contribution in [-0.2, 0) is 7.05 Å². The third-order valence-corrected chi connectivity index (χ3v) is 2.91. The molecule has 1 aromatic heterocycles. The van der Waals surface area contributed by atoms with E-state index in [0.29, 0.717) is 15.9 Å². The molecule has 0 amide bonds. The Morgan fingerprint density at radius 2 is 2.00 bits per heavy atom. The van der Waals surface area contributed by atoms with E-state index in [-0.39, 0.29) is 0 Å². The standard InChI is InChI=1S/C10H9Cl2N3/c1-15-5-14-9(10(15)13)6-2-3-7(11)8(12)4-6/h2-5H,13H2,1H3. The SMILES string of the molecule is Cn1cnc(-c2ccc(Cl)c(Cl)c2)c1N. The summed E-state index contributed by atoms with van der Waals surface area (Å²) in [5.74, 6) is 0.605. The maximum atomic E-state index is 5.92. The Bertz CT molecular complexity index is 505. The molecule has 15 heavy (non-hydrogen) atoms. The van der Waals surface area contributed by atoms with E-state index in [2.05, 4.69) is 4.98 Å². The van der Waals surface area contributed by atoms with E-state index in [1.165, 1.54) is 0 Å². The van der Waals surface area contributed by atoms with Crippen LogP contribution in [0.4, 0.5) is 5.82 Å². The summed E-state index contributed by atoms with van der Waals surface area (Å²) in [6.45, 7) is 0. The van der Waals surface area contributed by atoms with E-state index in [1.54, 1.807) is 23.0 Å². The fourth-order valence-electron chi connectivity index (χ4n) is 1.31. The van der Waals surface area contributed by atoms with Crippen molar-refractivity contribution in [3.8, 4) is 11.3 Å². The van der Waals surface area contributed by atoms with Gasteiger partial charge in [0.15, 0.2) is 0 Å². The summed E-state index contributed by atoms with van der Waals surface area (Å²) in [5, 5.41) is 1.02. The number of hydrogen-bond acceptors (Lipinski definition) is 2. The first kappa shape index (κ1) is 10.3. The van der Waals surface area contributed by atoms with Gasteiger partial charge in [-0.2, -0.15) is 0 Å². The normalized spacial score (nSPS) is 10.6. The summed E-state index contributed by atoms with van der Waals surface area (Å²) in [6, 6.07) is 5.32. The molecule has 5 heteroatoms. The first-order chi connectivity index (χ1) is 7.09. The highest BCUT2D eigenvalue weighted by Crippen LogP contribution is 2.30. The fraction of sp³-hybridized carbons (Fsp3) is 0.100. The van der Waals surface area contributed by atoms with Gasteiger partial charge in [0, 0.05) is 12.6 Å². The zero-order chi connectivity index (χ0) is 11.0. The van der Waals surface area contributed by atoms with Crippen LogP contribution in [0, 0.1) is 0 Å². The van der Waals surface area contributed by atoms with E-state index < -0.39 is 0 Å². The molecular formula is C10H9Cl2N3. The van der Waals surface area contributed by atoms with Crippen LogP contribution in [-0.4, -0.2) is 9.55 Å². The molecule has 2 aromatic rings. The summed E-state index contributed by atoms with van der Waals surface area (Å²) in [5.41, 5.74) is 7.43. The summed E-state index contributed by atoms with van der Waals surface area (Å²) in [4.78, 5) is 4.19. The highest BCUT2D eigenvalue weighted by Gasteiger charge is 2.09. The predicted molar refractivity (Wildman–Crippen MR) is 63.1 cm³/mol. The quantitative estimate of drug-likeness (QED) is 0.835. The molecule has 78 valence electrons. The molecule has 0 fully saturated rings. The van der Waals surface area contributed by atoms with Gasteiger partial charge in [-0.05, 0) is 12.1 Å². The van der Waals surface area contributed by atoms with Gasteiger partial charge >= 0.3 is 0 Å². The topological polar surface area (TPSA) is 43.8 Å². The molecule has 0 aliphatic carbocycles. The van der Waals surface area contributed by atoms with Gasteiger partial charge < -0.3 is 10.3 Å². The minimum absolute atomic E-state index is 0.499. The molecule has 0 bridgehead atoms. The number of anilines is 1. The summed E-state index contributed by atoms with van der Waals surface area (Å²) < 4.78 is 1.75. The van der Waals surface area contributed by atoms with Crippen LogP contribution in [0.1, 0.15) is 0 Å². The zero-order valence-corrected chi connectivity index (χ0v) is 9.55. The van der Waals surface area contributed by atoms with Gasteiger partial charge in [-0.15, -0.1) is 0 Å². The van der Waals surface area contributed by atoms with Gasteiger partial charge in [-0.1, -0.05) is 29.3 Å². The molecule has 2 rings (SSSR count). The zero-order valence-electron chi connectivity index (χ0n) is 8.04. The van der Waals surface area contributed by atoms with Crippen LogP contribution >= 0.6 is 23.2 Å². The van der Waals surface area contributed by atoms with Gasteiger partial charge in [0.1, 0.15) is 11.5 Å². The summed E-state index contributed by atoms with van der Waals surface area (Å²) in [6.07, 6.45) is 1.66. The largest absolute Gasteiger partial charge is 0.383 e. The Kier molecular flexibility index (Phi) is 2.59. The van der Waals surface area contributed by atoms with Crippen LogP contribution in [0.15, 0.2) is 24.5 Å². The number of hydrogen-bond donors (Lipinski definition) is 1. The molecule has 0 unspecified atom stereocenters. The van der Waals surface area contributed by atoms with Crippen molar-refractivity contribution in [1.82, 2.24) is 9.55 Å². The molecule has 0 radical (unpaired) electrons. The van der Waals surface area contributed by atoms with Crippen LogP contribution in [0.2, 0.25) is 10.0 Å². The fourth-order valence-corrected chi connectivity index (χ4v) is 1.60. The number of nitrogens with two attached hydrogens (primary N) is 1. The number of benzene rings is 1. The third-order valence-electron chi connectivity index (χ3n) is 2.18. The van der Waals surface area contributed by atoms with Gasteiger partial charge in [-0.3, -0.25) is 0 Å². The lowest BCUT2D eigenvalue weighted by atomic mass is 10.1. The molecule has 0 atom stereocenters. The molecule has 2 N–H and O–H groups in total. The Morgan fingerprint density at radius 3 is 2.53 bits per heavy atom. The van der Waals surface area contributed by atoms with Crippen molar-refractivity contribution >= 4 is 29.0 Å². The molecule has 1 aromatic carbocycles. The Balaban J connectivity index is 2.55. The van der Waals surface area contributed by atoms with Gasteiger partial charge in [0.25, 0.3) is 0 Å². The van der Waals surface area contributed by atoms with Gasteiger partial charge in [0.2, 0.25) is 0 Å². The van der Waals surface area contributed by atoms with Crippen molar-refractivity contribution in [2.75, 3.05) is 5.73 Å². The molecular weight excluding hydrogens is 233 g/mol. The van der Waals surface area contributed by atoms with Crippen LogP contribution in [0.3, 0.4) is 0 Å². The lowest BCUT2D eigenvalue weighted by Crippen LogP contribution is -1.95. The van der Waals surface area contributed by atoms with Crippen molar-refractivity contribution < 1.29 is 0 Å². The Hall–Kier alpha value is -1.19. The van der Waals surface area contributed by atoms with Crippen LogP contribution in [0.25, 0.3) is 11.3 Å². The third kappa shape index (κ3) is 1.80. The van der Waals surface area contributed by atoms with Crippen LogP contribution < -0.4 is 5.73 Å². The molecule has 3 nitrogen and oxygen atoms in total. The number of rotatable bonds is 1. The van der Waals surface area contributed by atoms with E-state index in [9.17, 15) is 0 Å². The lowest BCUT2D eigenvalue weighted by Gasteiger charge is -2.02. The second-order valence-corrected chi connectivity index (χ2v) is 4.03. The molecule has 0 aliphatic rings. The van der Waals surface area contributed by atoms with Gasteiger partial charge in [-0.25, -0.2) is 4.98 Å². The first-order valence-electron chi connectivity index (χ1n) is 4.32. The molecule has 0 saturated heterocycles. The predicted octanol–water partition coefficient (Wildman–Crippen LogP) is 2.98. The molecule has 1 heterocycles. The second-order valence-electron chi connectivity index (χ2n) is 3.22. The van der Waals surface area contributed by atoms with E-state index in [1.807, 2.05) is 13.1 Å². The van der Waals surface area contributed by atoms with Crippen molar-refractivity contribution in [3.05, 3.63) is 34.6 Å². The first-order valence-corrected chi connectivity index (χ1v) is 5.07. The molecule has 0 aliphatic heterocycles. The average Bonchev–Trinajstić information content (AvgIpc) is 2.53. The minimum Gasteiger partial charge on any atom is -0.383 e. The number of nitrogen functional groups attached to an aromatic ring is 1. The van der Waals surface area contributed by atoms with Crippen molar-refractivity contribution in [3.63, 3.8) is 0 Å². The average molecular weight is 242 g/mol. The highest BCUT2D eigenvalue weighted by molar-refractivity contribution is 6.42. The Labute approximate surface area is 97.4 Å². The van der Waals surface area contributed by atoms with Crippen molar-refractivity contribution in [2.24, 2.45) is 7.05 Å². The monoisotopic (exact) mass is 241 g/mol. The van der Waals surface area contributed by atoms with E-state index in [4.69, 9.17) is 28.9 Å². The maximum absolute atomic E-state index is 5.92. The number of imidazole rings is 1. The second kappa shape index (κ2) is 3.76. The minimum atomic E-state index is 0.499. The molecule has 0 saturated carbocycles. The summed E-state index contributed by atoms with van der Waals surface area (Å²) >= 11 is 11.7.